The van der Waals surface area contributed by atoms with Gasteiger partial charge in [0.2, 0.25) is 5.95 Å². The van der Waals surface area contributed by atoms with Crippen LogP contribution in [-0.4, -0.2) is 36.9 Å². The summed E-state index contributed by atoms with van der Waals surface area (Å²) in [7, 11) is 0. The van der Waals surface area contributed by atoms with Crippen LogP contribution < -0.4 is 16.0 Å². The zero-order valence-electron chi connectivity index (χ0n) is 16.2. The number of aromatic nitrogens is 4. The van der Waals surface area contributed by atoms with Gasteiger partial charge < -0.3 is 10.5 Å². The molecule has 4 rings (SSSR count). The third kappa shape index (κ3) is 3.90. The van der Waals surface area contributed by atoms with E-state index >= 15 is 0 Å². The van der Waals surface area contributed by atoms with Crippen molar-refractivity contribution in [3.05, 3.63) is 40.6 Å². The van der Waals surface area contributed by atoms with E-state index in [-0.39, 0.29) is 23.2 Å². The third-order valence-electron chi connectivity index (χ3n) is 4.76. The Morgan fingerprint density at radius 2 is 2.00 bits per heavy atom. The minimum atomic E-state index is -0.444. The maximum Gasteiger partial charge on any atom is 0.278 e. The number of fused-ring (bicyclic) bond motifs is 1. The first-order valence-corrected chi connectivity index (χ1v) is 10.2. The summed E-state index contributed by atoms with van der Waals surface area (Å²) >= 11 is 1.40. The summed E-state index contributed by atoms with van der Waals surface area (Å²) in [5, 5.41) is 0. The monoisotopic (exact) mass is 415 g/mol. The molecule has 1 aromatic carbocycles. The van der Waals surface area contributed by atoms with Crippen molar-refractivity contribution in [1.29, 1.82) is 0 Å². The highest BCUT2D eigenvalue weighted by atomic mass is 32.2. The van der Waals surface area contributed by atoms with Crippen LogP contribution >= 0.6 is 12.1 Å². The van der Waals surface area contributed by atoms with Gasteiger partial charge in [0, 0.05) is 36.8 Å². The van der Waals surface area contributed by atoms with Crippen LogP contribution in [0.4, 0.5) is 16.0 Å². The molecule has 29 heavy (non-hydrogen) atoms. The Labute approximate surface area is 171 Å². The van der Waals surface area contributed by atoms with Gasteiger partial charge in [0.15, 0.2) is 5.65 Å². The summed E-state index contributed by atoms with van der Waals surface area (Å²) in [6.07, 6.45) is 3.78. The van der Waals surface area contributed by atoms with Crippen molar-refractivity contribution in [3.63, 3.8) is 0 Å². The molecule has 0 bridgehead atoms. The minimum absolute atomic E-state index is 0.0674. The molecule has 1 saturated heterocycles. The van der Waals surface area contributed by atoms with Crippen molar-refractivity contribution < 1.29 is 4.39 Å². The minimum Gasteiger partial charge on any atom is -0.368 e. The molecule has 1 fully saturated rings. The number of nitrogens with zero attached hydrogens (tertiary/aromatic N) is 5. The van der Waals surface area contributed by atoms with Crippen LogP contribution in [-0.2, 0) is 0 Å². The summed E-state index contributed by atoms with van der Waals surface area (Å²) in [5.74, 6) is -0.377. The molecule has 3 N–H and O–H groups in total. The molecule has 0 aliphatic carbocycles. The zero-order valence-corrected chi connectivity index (χ0v) is 17.0. The van der Waals surface area contributed by atoms with E-state index in [9.17, 15) is 9.18 Å². The van der Waals surface area contributed by atoms with E-state index in [0.29, 0.717) is 22.4 Å². The Bertz CT molecular complexity index is 1110. The van der Waals surface area contributed by atoms with E-state index in [1.165, 1.54) is 29.0 Å². The van der Waals surface area contributed by atoms with Crippen molar-refractivity contribution in [2.75, 3.05) is 23.5 Å². The second kappa shape index (κ2) is 7.96. The second-order valence-electron chi connectivity index (χ2n) is 7.19. The summed E-state index contributed by atoms with van der Waals surface area (Å²) in [6, 6.07) is 4.46. The predicted octanol–water partition coefficient (Wildman–Crippen LogP) is 3.23. The lowest BCUT2D eigenvalue weighted by Crippen LogP contribution is -2.26. The van der Waals surface area contributed by atoms with Gasteiger partial charge in [0.05, 0.1) is 11.9 Å². The van der Waals surface area contributed by atoms with Gasteiger partial charge in [0.1, 0.15) is 17.0 Å². The molecule has 0 amide bonds. The fraction of sp³-hybridized carbons (Fsp3) is 0.368. The quantitative estimate of drug-likeness (QED) is 0.613. The van der Waals surface area contributed by atoms with Crippen molar-refractivity contribution in [2.24, 2.45) is 0 Å². The number of halogens is 1. The molecule has 2 aromatic heterocycles. The molecule has 3 aromatic rings. The van der Waals surface area contributed by atoms with Crippen LogP contribution in [0.25, 0.3) is 22.4 Å². The van der Waals surface area contributed by atoms with Gasteiger partial charge in [-0.2, -0.15) is 4.98 Å². The molecule has 152 valence electrons. The van der Waals surface area contributed by atoms with Crippen molar-refractivity contribution >= 4 is 34.9 Å². The largest absolute Gasteiger partial charge is 0.368 e. The molecule has 1 aliphatic rings. The average Bonchev–Trinajstić information content (AvgIpc) is 3.20. The van der Waals surface area contributed by atoms with Gasteiger partial charge in [-0.15, -0.1) is 0 Å². The first kappa shape index (κ1) is 19.6. The number of nitrogens with one attached hydrogen (secondary N) is 1. The molecule has 0 unspecified atom stereocenters. The first-order valence-electron chi connectivity index (χ1n) is 9.46. The molecule has 8 nitrogen and oxygen atoms in total. The lowest BCUT2D eigenvalue weighted by Gasteiger charge is -2.16. The third-order valence-corrected chi connectivity index (χ3v) is 5.69. The number of nitrogens with two attached hydrogens (primary N) is 1. The first-order chi connectivity index (χ1) is 13.9. The van der Waals surface area contributed by atoms with E-state index in [4.69, 9.17) is 5.73 Å². The van der Waals surface area contributed by atoms with Gasteiger partial charge in [-0.3, -0.25) is 9.36 Å². The van der Waals surface area contributed by atoms with Gasteiger partial charge >= 0.3 is 0 Å². The zero-order chi connectivity index (χ0) is 20.5. The summed E-state index contributed by atoms with van der Waals surface area (Å²) in [6.45, 7) is 5.71. The maximum atomic E-state index is 14.7. The predicted molar refractivity (Wildman–Crippen MR) is 114 cm³/mol. The van der Waals surface area contributed by atoms with Crippen molar-refractivity contribution in [2.45, 2.75) is 32.7 Å². The highest BCUT2D eigenvalue weighted by molar-refractivity contribution is 7.98. The van der Waals surface area contributed by atoms with E-state index < -0.39 is 5.82 Å². The normalized spacial score (nSPS) is 14.8. The van der Waals surface area contributed by atoms with Crippen LogP contribution in [0.15, 0.2) is 29.2 Å². The average molecular weight is 415 g/mol. The molecule has 0 spiro atoms. The maximum absolute atomic E-state index is 14.7. The highest BCUT2D eigenvalue weighted by Crippen LogP contribution is 2.27. The van der Waals surface area contributed by atoms with Crippen LogP contribution in [0, 0.1) is 5.82 Å². The Morgan fingerprint density at radius 3 is 2.69 bits per heavy atom. The van der Waals surface area contributed by atoms with E-state index in [1.54, 1.807) is 12.1 Å². The van der Waals surface area contributed by atoms with Gasteiger partial charge in [0.25, 0.3) is 5.56 Å². The number of benzene rings is 1. The number of hydrogen-bond acceptors (Lipinski definition) is 8. The Kier molecular flexibility index (Phi) is 5.37. The Hall–Kier alpha value is -2.72. The van der Waals surface area contributed by atoms with Crippen molar-refractivity contribution in [1.82, 2.24) is 23.8 Å². The molecule has 3 heterocycles. The standard InChI is InChI=1S/C19H22FN7OS/c1-11(2)27-17-15(10-22-19(21)24-17)23-16(18(27)28)12-5-6-14(13(20)9-12)25-29-26-7-3-4-8-26/h5-6,9-11,25H,3-4,7-8H2,1-2H3,(H2,21,22,24). The topological polar surface area (TPSA) is 102 Å². The fourth-order valence-electron chi connectivity index (χ4n) is 3.32. The fourth-order valence-corrected chi connectivity index (χ4v) is 4.15. The molecule has 0 saturated carbocycles. The van der Waals surface area contributed by atoms with E-state index in [2.05, 4.69) is 24.0 Å². The molecule has 0 atom stereocenters. The lowest BCUT2D eigenvalue weighted by molar-refractivity contribution is 0.588. The van der Waals surface area contributed by atoms with Crippen LogP contribution in [0.2, 0.25) is 0 Å². The molecule has 10 heteroatoms. The summed E-state index contributed by atoms with van der Waals surface area (Å²) in [4.78, 5) is 25.6. The molecular weight excluding hydrogens is 393 g/mol. The smallest absolute Gasteiger partial charge is 0.278 e. The lowest BCUT2D eigenvalue weighted by atomic mass is 10.1. The van der Waals surface area contributed by atoms with Gasteiger partial charge in [-0.25, -0.2) is 18.7 Å². The molecule has 1 aliphatic heterocycles. The number of rotatable bonds is 5. The molecule has 0 radical (unpaired) electrons. The Balaban J connectivity index is 1.72. The summed E-state index contributed by atoms with van der Waals surface area (Å²) < 4.78 is 21.4. The Morgan fingerprint density at radius 1 is 1.24 bits per heavy atom. The van der Waals surface area contributed by atoms with Gasteiger partial charge in [-0.1, -0.05) is 6.07 Å². The van der Waals surface area contributed by atoms with Gasteiger partial charge in [-0.05, 0) is 38.8 Å². The summed E-state index contributed by atoms with van der Waals surface area (Å²) in [5.41, 5.74) is 7.03. The second-order valence-corrected chi connectivity index (χ2v) is 8.09. The van der Waals surface area contributed by atoms with Crippen LogP contribution in [0.5, 0.6) is 0 Å². The van der Waals surface area contributed by atoms with E-state index in [0.717, 1.165) is 25.9 Å². The molecular formula is C19H22FN7OS. The van der Waals surface area contributed by atoms with Crippen LogP contribution in [0.3, 0.4) is 0 Å². The number of nitrogen functional groups attached to an aromatic ring is 1. The van der Waals surface area contributed by atoms with Crippen molar-refractivity contribution in [3.8, 4) is 11.3 Å². The SMILES string of the molecule is CC(C)n1c(=O)c(-c2ccc(NSN3CCCC3)c(F)c2)nc2cnc(N)nc21. The van der Waals surface area contributed by atoms with Crippen LogP contribution in [0.1, 0.15) is 32.7 Å². The van der Waals surface area contributed by atoms with E-state index in [1.807, 2.05) is 13.8 Å². The number of hydrogen-bond donors (Lipinski definition) is 2. The highest BCUT2D eigenvalue weighted by Gasteiger charge is 2.18. The number of anilines is 2.